The van der Waals surface area contributed by atoms with E-state index in [4.69, 9.17) is 4.42 Å². The second kappa shape index (κ2) is 4.22. The summed E-state index contributed by atoms with van der Waals surface area (Å²) in [6.45, 7) is 4.67. The van der Waals surface area contributed by atoms with E-state index in [0.29, 0.717) is 12.1 Å². The molecular weight excluding hydrogens is 200 g/mol. The maximum absolute atomic E-state index is 5.42. The number of nitrogens with one attached hydrogen (secondary N) is 1. The Balaban J connectivity index is 1.51. The smallest absolute Gasteiger partial charge is 0.120 e. The molecule has 1 aromatic rings. The third kappa shape index (κ3) is 2.15. The van der Waals surface area contributed by atoms with Crippen molar-refractivity contribution in [3.05, 3.63) is 24.2 Å². The molecule has 1 saturated carbocycles. The highest BCUT2D eigenvalue weighted by atomic mass is 16.3. The average Bonchev–Trinajstić information content (AvgIpc) is 2.82. The number of rotatable bonds is 4. The number of likely N-dealkylation sites (tertiary alicyclic amines) is 1. The number of hydrogen-bond acceptors (Lipinski definition) is 3. The average molecular weight is 220 g/mol. The first-order valence-corrected chi connectivity index (χ1v) is 6.36. The van der Waals surface area contributed by atoms with E-state index in [1.807, 2.05) is 12.1 Å². The Morgan fingerprint density at radius 3 is 3.00 bits per heavy atom. The van der Waals surface area contributed by atoms with Crippen molar-refractivity contribution in [2.45, 2.75) is 44.3 Å². The summed E-state index contributed by atoms with van der Waals surface area (Å²) in [5.74, 6) is 1.05. The van der Waals surface area contributed by atoms with Gasteiger partial charge in [0.15, 0.2) is 0 Å². The molecule has 2 aliphatic rings. The van der Waals surface area contributed by atoms with E-state index < -0.39 is 0 Å². The van der Waals surface area contributed by atoms with Crippen LogP contribution in [0.2, 0.25) is 0 Å². The Morgan fingerprint density at radius 2 is 2.31 bits per heavy atom. The Morgan fingerprint density at radius 1 is 1.44 bits per heavy atom. The van der Waals surface area contributed by atoms with Crippen LogP contribution in [0.15, 0.2) is 22.8 Å². The van der Waals surface area contributed by atoms with Crippen molar-refractivity contribution in [2.24, 2.45) is 0 Å². The maximum atomic E-state index is 5.42. The molecule has 0 radical (unpaired) electrons. The molecule has 1 aromatic heterocycles. The van der Waals surface area contributed by atoms with Gasteiger partial charge in [0.2, 0.25) is 0 Å². The lowest BCUT2D eigenvalue weighted by Crippen LogP contribution is -2.34. The van der Waals surface area contributed by atoms with Crippen molar-refractivity contribution >= 4 is 0 Å². The number of furan rings is 1. The fourth-order valence-corrected chi connectivity index (χ4v) is 2.67. The Bertz CT molecular complexity index is 332. The molecule has 3 nitrogen and oxygen atoms in total. The fourth-order valence-electron chi connectivity index (χ4n) is 2.67. The third-order valence-electron chi connectivity index (χ3n) is 3.74. The highest BCUT2D eigenvalue weighted by molar-refractivity contribution is 5.04. The van der Waals surface area contributed by atoms with E-state index in [-0.39, 0.29) is 0 Å². The predicted molar refractivity (Wildman–Crippen MR) is 63.3 cm³/mol. The van der Waals surface area contributed by atoms with E-state index in [1.54, 1.807) is 6.26 Å². The van der Waals surface area contributed by atoms with Crippen LogP contribution in [0, 0.1) is 0 Å². The maximum Gasteiger partial charge on any atom is 0.120 e. The number of nitrogens with zero attached hydrogens (tertiary/aromatic N) is 1. The second-order valence-electron chi connectivity index (χ2n) is 5.12. The Hall–Kier alpha value is -0.800. The van der Waals surface area contributed by atoms with Crippen LogP contribution in [0.5, 0.6) is 0 Å². The minimum Gasteiger partial charge on any atom is -0.468 e. The van der Waals surface area contributed by atoms with Crippen molar-refractivity contribution in [3.8, 4) is 0 Å². The normalized spacial score (nSPS) is 28.4. The summed E-state index contributed by atoms with van der Waals surface area (Å²) >= 11 is 0. The zero-order valence-electron chi connectivity index (χ0n) is 9.86. The van der Waals surface area contributed by atoms with E-state index >= 15 is 0 Å². The van der Waals surface area contributed by atoms with E-state index in [1.165, 1.54) is 32.4 Å². The minimum absolute atomic E-state index is 0.333. The van der Waals surface area contributed by atoms with Crippen molar-refractivity contribution in [2.75, 3.05) is 13.1 Å². The van der Waals surface area contributed by atoms with Crippen LogP contribution in [0.1, 0.15) is 38.0 Å². The lowest BCUT2D eigenvalue weighted by molar-refractivity contribution is 0.309. The molecule has 3 rings (SSSR count). The van der Waals surface area contributed by atoms with Crippen molar-refractivity contribution in [1.29, 1.82) is 0 Å². The predicted octanol–water partition coefficient (Wildman–Crippen LogP) is 2.17. The zero-order valence-corrected chi connectivity index (χ0v) is 9.86. The summed E-state index contributed by atoms with van der Waals surface area (Å²) in [6, 6.07) is 5.88. The highest BCUT2D eigenvalue weighted by Crippen LogP contribution is 2.30. The van der Waals surface area contributed by atoms with E-state index in [0.717, 1.165) is 11.8 Å². The van der Waals surface area contributed by atoms with Crippen molar-refractivity contribution < 1.29 is 4.42 Å². The van der Waals surface area contributed by atoms with Gasteiger partial charge in [-0.05, 0) is 38.3 Å². The standard InChI is InChI=1S/C13H20N2O/c1-10(13-3-2-8-16-13)14-11-6-7-15(9-11)12-4-5-12/h2-3,8,10-12,14H,4-7,9H2,1H3. The van der Waals surface area contributed by atoms with Gasteiger partial charge in [-0.3, -0.25) is 4.90 Å². The van der Waals surface area contributed by atoms with Gasteiger partial charge in [-0.2, -0.15) is 0 Å². The van der Waals surface area contributed by atoms with Gasteiger partial charge in [-0.15, -0.1) is 0 Å². The molecule has 2 fully saturated rings. The van der Waals surface area contributed by atoms with Gasteiger partial charge in [-0.25, -0.2) is 0 Å². The summed E-state index contributed by atoms with van der Waals surface area (Å²) in [6.07, 6.45) is 5.86. The molecule has 1 saturated heterocycles. The largest absolute Gasteiger partial charge is 0.468 e. The summed E-state index contributed by atoms with van der Waals surface area (Å²) < 4.78 is 5.42. The second-order valence-corrected chi connectivity index (χ2v) is 5.12. The molecule has 16 heavy (non-hydrogen) atoms. The molecule has 1 aliphatic heterocycles. The first-order valence-electron chi connectivity index (χ1n) is 6.36. The van der Waals surface area contributed by atoms with E-state index in [2.05, 4.69) is 17.1 Å². The molecule has 2 atom stereocenters. The Kier molecular flexibility index (Phi) is 2.74. The topological polar surface area (TPSA) is 28.4 Å². The van der Waals surface area contributed by atoms with Gasteiger partial charge >= 0.3 is 0 Å². The van der Waals surface area contributed by atoms with Gasteiger partial charge in [-0.1, -0.05) is 0 Å². The summed E-state index contributed by atoms with van der Waals surface area (Å²) in [7, 11) is 0. The van der Waals surface area contributed by atoms with Crippen LogP contribution in [0.3, 0.4) is 0 Å². The molecule has 0 spiro atoms. The lowest BCUT2D eigenvalue weighted by atomic mass is 10.2. The first-order chi connectivity index (χ1) is 7.83. The van der Waals surface area contributed by atoms with Crippen molar-refractivity contribution in [1.82, 2.24) is 10.2 Å². The molecule has 0 bridgehead atoms. The molecule has 0 amide bonds. The highest BCUT2D eigenvalue weighted by Gasteiger charge is 2.34. The van der Waals surface area contributed by atoms with Crippen LogP contribution in [-0.2, 0) is 0 Å². The van der Waals surface area contributed by atoms with Crippen LogP contribution >= 0.6 is 0 Å². The summed E-state index contributed by atoms with van der Waals surface area (Å²) in [4.78, 5) is 2.63. The van der Waals surface area contributed by atoms with Gasteiger partial charge in [0.05, 0.1) is 12.3 Å². The van der Waals surface area contributed by atoms with E-state index in [9.17, 15) is 0 Å². The summed E-state index contributed by atoms with van der Waals surface area (Å²) in [5.41, 5.74) is 0. The van der Waals surface area contributed by atoms with Gasteiger partial charge in [0.25, 0.3) is 0 Å². The quantitative estimate of drug-likeness (QED) is 0.843. The van der Waals surface area contributed by atoms with Crippen molar-refractivity contribution in [3.63, 3.8) is 0 Å². The SMILES string of the molecule is CC(NC1CCN(C2CC2)C1)c1ccco1. The van der Waals surface area contributed by atoms with Crippen LogP contribution in [0.4, 0.5) is 0 Å². The van der Waals surface area contributed by atoms with Crippen LogP contribution in [0.25, 0.3) is 0 Å². The molecule has 1 N–H and O–H groups in total. The van der Waals surface area contributed by atoms with Gasteiger partial charge < -0.3 is 9.73 Å². The third-order valence-corrected chi connectivity index (χ3v) is 3.74. The van der Waals surface area contributed by atoms with Crippen LogP contribution in [-0.4, -0.2) is 30.1 Å². The molecule has 0 aromatic carbocycles. The zero-order chi connectivity index (χ0) is 11.0. The lowest BCUT2D eigenvalue weighted by Gasteiger charge is -2.19. The molecule has 2 unspecified atom stereocenters. The summed E-state index contributed by atoms with van der Waals surface area (Å²) in [5, 5.41) is 3.66. The molecule has 3 heteroatoms. The monoisotopic (exact) mass is 220 g/mol. The van der Waals surface area contributed by atoms with Gasteiger partial charge in [0, 0.05) is 25.2 Å². The molecule has 88 valence electrons. The Labute approximate surface area is 96.8 Å². The number of hydrogen-bond donors (Lipinski definition) is 1. The minimum atomic E-state index is 0.333. The first kappa shape index (κ1) is 10.4. The van der Waals surface area contributed by atoms with Gasteiger partial charge in [0.1, 0.15) is 5.76 Å². The van der Waals surface area contributed by atoms with Crippen LogP contribution < -0.4 is 5.32 Å². The molecular formula is C13H20N2O. The fraction of sp³-hybridized carbons (Fsp3) is 0.692. The molecule has 1 aliphatic carbocycles. The molecule has 2 heterocycles.